The highest BCUT2D eigenvalue weighted by Crippen LogP contribution is 2.18. The van der Waals surface area contributed by atoms with Crippen LogP contribution in [0.25, 0.3) is 0 Å². The molecule has 20 heavy (non-hydrogen) atoms. The number of hydrogen-bond donors (Lipinski definition) is 1. The van der Waals surface area contributed by atoms with Crippen LogP contribution in [0.2, 0.25) is 0 Å². The Kier molecular flexibility index (Phi) is 5.09. The molecule has 0 radical (unpaired) electrons. The number of carbonyl (C=O) groups excluding carboxylic acids is 1. The van der Waals surface area contributed by atoms with Crippen LogP contribution in [0.5, 0.6) is 0 Å². The molecule has 0 fully saturated rings. The van der Waals surface area contributed by atoms with Crippen LogP contribution in [-0.2, 0) is 9.73 Å². The fraction of sp³-hybridized carbons (Fsp3) is 0.364. The number of nitrogens with one attached hydrogen (secondary N) is 1. The fourth-order valence-electron chi connectivity index (χ4n) is 1.28. The lowest BCUT2D eigenvalue weighted by molar-refractivity contribution is 0.0950. The van der Waals surface area contributed by atoms with Crippen LogP contribution in [-0.4, -0.2) is 35.7 Å². The van der Waals surface area contributed by atoms with Gasteiger partial charge in [0.25, 0.3) is 5.91 Å². The Labute approximate surface area is 113 Å². The molecule has 4 nitrogen and oxygen atoms in total. The topological polar surface area (TPSA) is 58.5 Å². The predicted molar refractivity (Wildman–Crippen MR) is 65.9 cm³/mol. The summed E-state index contributed by atoms with van der Waals surface area (Å²) in [5, 5.41) is 2.13. The smallest absolute Gasteiger partial charge is 0.254 e. The molecular weight excluding hydrogens is 300 g/mol. The van der Waals surface area contributed by atoms with Crippen molar-refractivity contribution in [1.82, 2.24) is 5.32 Å². The molecule has 0 aromatic heterocycles. The van der Waals surface area contributed by atoms with Gasteiger partial charge in [0.1, 0.15) is 0 Å². The number of halogens is 4. The lowest BCUT2D eigenvalue weighted by atomic mass is 10.1. The Morgan fingerprint density at radius 2 is 1.85 bits per heavy atom. The van der Waals surface area contributed by atoms with Crippen molar-refractivity contribution in [3.63, 3.8) is 0 Å². The average Bonchev–Trinajstić information content (AvgIpc) is 2.40. The summed E-state index contributed by atoms with van der Waals surface area (Å²) in [6.45, 7) is -0.133. The first-order chi connectivity index (χ1) is 9.19. The van der Waals surface area contributed by atoms with Crippen molar-refractivity contribution < 1.29 is 26.6 Å². The van der Waals surface area contributed by atoms with E-state index in [1.807, 2.05) is 0 Å². The molecule has 0 bridgehead atoms. The third-order valence-corrected chi connectivity index (χ3v) is 4.23. The molecule has 0 saturated heterocycles. The van der Waals surface area contributed by atoms with Gasteiger partial charge >= 0.3 is 0 Å². The van der Waals surface area contributed by atoms with Gasteiger partial charge in [-0.1, -0.05) is 0 Å². The Morgan fingerprint density at radius 3 is 2.40 bits per heavy atom. The largest absolute Gasteiger partial charge is 0.351 e. The van der Waals surface area contributed by atoms with E-state index in [1.54, 1.807) is 0 Å². The van der Waals surface area contributed by atoms with Crippen LogP contribution in [0.3, 0.4) is 0 Å². The Balaban J connectivity index is 2.87. The zero-order chi connectivity index (χ0) is 15.5. The van der Waals surface area contributed by atoms with E-state index in [0.29, 0.717) is 0 Å². The highest BCUT2D eigenvalue weighted by molar-refractivity contribution is 7.92. The van der Waals surface area contributed by atoms with Gasteiger partial charge in [-0.2, -0.15) is 0 Å². The molecule has 0 saturated carbocycles. The molecule has 1 rings (SSSR count). The molecule has 0 heterocycles. The van der Waals surface area contributed by atoms with Gasteiger partial charge in [-0.25, -0.2) is 26.1 Å². The van der Waals surface area contributed by atoms with Gasteiger partial charge in [-0.15, -0.1) is 0 Å². The van der Waals surface area contributed by atoms with E-state index in [0.717, 1.165) is 0 Å². The molecule has 0 spiro atoms. The summed E-state index contributed by atoms with van der Waals surface area (Å²) in [5.74, 6) is -8.64. The van der Waals surface area contributed by atoms with Crippen molar-refractivity contribution in [2.75, 3.05) is 25.6 Å². The van der Waals surface area contributed by atoms with Crippen molar-refractivity contribution in [1.29, 1.82) is 0 Å². The van der Waals surface area contributed by atoms with Crippen LogP contribution in [0, 0.1) is 23.3 Å². The third-order valence-electron chi connectivity index (χ3n) is 2.50. The lowest BCUT2D eigenvalue weighted by Gasteiger charge is -2.08. The van der Waals surface area contributed by atoms with Crippen molar-refractivity contribution in [2.45, 2.75) is 0 Å². The number of hydrogen-bond acceptors (Lipinski definition) is 3. The Bertz CT molecular complexity index is 654. The fourth-order valence-corrected chi connectivity index (χ4v) is 1.94. The van der Waals surface area contributed by atoms with Gasteiger partial charge in [-0.3, -0.25) is 4.79 Å². The minimum atomic E-state index is -2.47. The molecule has 0 aliphatic rings. The highest BCUT2D eigenvalue weighted by atomic mass is 32.2. The number of amides is 1. The van der Waals surface area contributed by atoms with Gasteiger partial charge in [0.15, 0.2) is 23.3 Å². The highest BCUT2D eigenvalue weighted by Gasteiger charge is 2.22. The Morgan fingerprint density at radius 1 is 1.25 bits per heavy atom. The van der Waals surface area contributed by atoms with E-state index in [9.17, 15) is 26.6 Å². The molecule has 1 atom stereocenters. The SMILES string of the molecule is CN=S(C)(=O)CCNC(=O)c1cc(F)c(F)c(F)c1F. The Hall–Kier alpha value is -1.64. The number of benzene rings is 1. The normalized spacial score (nSPS) is 13.7. The van der Waals surface area contributed by atoms with E-state index < -0.39 is 44.5 Å². The maximum atomic E-state index is 13.3. The van der Waals surface area contributed by atoms with Crippen LogP contribution in [0.4, 0.5) is 17.6 Å². The van der Waals surface area contributed by atoms with E-state index in [4.69, 9.17) is 0 Å². The molecule has 9 heteroatoms. The second kappa shape index (κ2) is 6.21. The first-order valence-corrected chi connectivity index (χ1v) is 7.48. The quantitative estimate of drug-likeness (QED) is 0.523. The minimum absolute atomic E-state index is 0.0109. The molecule has 1 N–H and O–H groups in total. The summed E-state index contributed by atoms with van der Waals surface area (Å²) in [4.78, 5) is 11.5. The second-order valence-electron chi connectivity index (χ2n) is 3.95. The van der Waals surface area contributed by atoms with Crippen LogP contribution in [0.1, 0.15) is 10.4 Å². The maximum absolute atomic E-state index is 13.3. The molecule has 1 aromatic rings. The maximum Gasteiger partial charge on any atom is 0.254 e. The minimum Gasteiger partial charge on any atom is -0.351 e. The number of nitrogens with zero attached hydrogens (tertiary/aromatic N) is 1. The van der Waals surface area contributed by atoms with E-state index in [2.05, 4.69) is 9.68 Å². The van der Waals surface area contributed by atoms with Crippen molar-refractivity contribution in [3.05, 3.63) is 34.9 Å². The van der Waals surface area contributed by atoms with E-state index >= 15 is 0 Å². The first-order valence-electron chi connectivity index (χ1n) is 5.38. The molecule has 112 valence electrons. The van der Waals surface area contributed by atoms with E-state index in [1.165, 1.54) is 13.3 Å². The first kappa shape index (κ1) is 16.4. The van der Waals surface area contributed by atoms with Crippen LogP contribution < -0.4 is 5.32 Å². The van der Waals surface area contributed by atoms with Gasteiger partial charge in [0, 0.05) is 35.3 Å². The summed E-state index contributed by atoms with van der Waals surface area (Å²) in [7, 11) is -1.13. The third kappa shape index (κ3) is 3.69. The molecule has 0 aliphatic carbocycles. The molecular formula is C11H12F4N2O2S. The zero-order valence-corrected chi connectivity index (χ0v) is 11.5. The molecule has 1 amide bonds. The van der Waals surface area contributed by atoms with Gasteiger partial charge in [-0.05, 0) is 6.07 Å². The van der Waals surface area contributed by atoms with Gasteiger partial charge < -0.3 is 5.32 Å². The summed E-state index contributed by atoms with van der Waals surface area (Å²) in [6, 6.07) is 0.260. The van der Waals surface area contributed by atoms with E-state index in [-0.39, 0.29) is 18.4 Å². The van der Waals surface area contributed by atoms with Gasteiger partial charge in [0.05, 0.1) is 5.56 Å². The monoisotopic (exact) mass is 312 g/mol. The predicted octanol–water partition coefficient (Wildman–Crippen LogP) is 1.70. The molecule has 0 aliphatic heterocycles. The van der Waals surface area contributed by atoms with Crippen molar-refractivity contribution >= 4 is 15.6 Å². The molecule has 1 aromatic carbocycles. The number of carbonyl (C=O) groups is 1. The summed E-state index contributed by atoms with van der Waals surface area (Å²) in [5.41, 5.74) is -0.961. The van der Waals surface area contributed by atoms with Gasteiger partial charge in [0.2, 0.25) is 0 Å². The van der Waals surface area contributed by atoms with Crippen molar-refractivity contribution in [3.8, 4) is 0 Å². The zero-order valence-electron chi connectivity index (χ0n) is 10.7. The summed E-state index contributed by atoms with van der Waals surface area (Å²) >= 11 is 0. The lowest BCUT2D eigenvalue weighted by Crippen LogP contribution is -2.30. The molecule has 1 unspecified atom stereocenters. The summed E-state index contributed by atoms with van der Waals surface area (Å²) < 4.78 is 67.0. The standard InChI is InChI=1S/C11H12F4N2O2S/c1-16-20(2,19)4-3-17-11(18)6-5-7(12)9(14)10(15)8(6)13/h5H,3-4H2,1-2H3,(H,17,18). The van der Waals surface area contributed by atoms with Crippen LogP contribution in [0.15, 0.2) is 10.4 Å². The van der Waals surface area contributed by atoms with Crippen molar-refractivity contribution in [2.24, 2.45) is 4.36 Å². The number of rotatable bonds is 4. The summed E-state index contributed by atoms with van der Waals surface area (Å²) in [6.07, 6.45) is 1.36. The average molecular weight is 312 g/mol. The van der Waals surface area contributed by atoms with Crippen LogP contribution >= 0.6 is 0 Å². The second-order valence-corrected chi connectivity index (χ2v) is 6.64.